The van der Waals surface area contributed by atoms with E-state index in [9.17, 15) is 13.6 Å². The number of fused-ring (bicyclic) bond motifs is 1. The molecular weight excluding hydrogens is 420 g/mol. The number of halogens is 2. The van der Waals surface area contributed by atoms with Gasteiger partial charge in [-0.1, -0.05) is 23.5 Å². The van der Waals surface area contributed by atoms with E-state index < -0.39 is 5.82 Å². The minimum Gasteiger partial charge on any atom is -0.347 e. The second kappa shape index (κ2) is 8.07. The van der Waals surface area contributed by atoms with Gasteiger partial charge in [0.1, 0.15) is 11.6 Å². The van der Waals surface area contributed by atoms with E-state index >= 15 is 0 Å². The van der Waals surface area contributed by atoms with Crippen molar-refractivity contribution in [1.29, 1.82) is 0 Å². The summed E-state index contributed by atoms with van der Waals surface area (Å²) in [5.41, 5.74) is 1.80. The second-order valence-corrected chi connectivity index (χ2v) is 8.41. The number of amides is 1. The standard InChI is InChI=1S/C22H19F2N5OS/c23-16-7-5-14(6-8-16)19-13-29-21(26-19)31-22(27-29)28-11-9-15(10-12-28)20(30)25-18-4-2-1-3-17(18)24/h1-8,13,15H,9-12H2,(H,25,30). The van der Waals surface area contributed by atoms with Gasteiger partial charge in [-0.15, -0.1) is 5.10 Å². The minimum atomic E-state index is -0.431. The number of benzene rings is 2. The molecule has 31 heavy (non-hydrogen) atoms. The first-order chi connectivity index (χ1) is 15.1. The van der Waals surface area contributed by atoms with Gasteiger partial charge in [0.25, 0.3) is 0 Å². The third-order valence-corrected chi connectivity index (χ3v) is 6.42. The molecule has 1 fully saturated rings. The Morgan fingerprint density at radius 1 is 1.06 bits per heavy atom. The van der Waals surface area contributed by atoms with Crippen molar-refractivity contribution in [2.24, 2.45) is 5.92 Å². The van der Waals surface area contributed by atoms with Crippen LogP contribution < -0.4 is 10.2 Å². The van der Waals surface area contributed by atoms with Crippen LogP contribution in [0, 0.1) is 17.6 Å². The fraction of sp³-hybridized carbons (Fsp3) is 0.227. The quantitative estimate of drug-likeness (QED) is 0.505. The number of hydrogen-bond acceptors (Lipinski definition) is 5. The van der Waals surface area contributed by atoms with Crippen molar-refractivity contribution in [2.45, 2.75) is 12.8 Å². The minimum absolute atomic E-state index is 0.150. The molecule has 0 spiro atoms. The van der Waals surface area contributed by atoms with E-state index in [0.29, 0.717) is 25.9 Å². The zero-order chi connectivity index (χ0) is 21.4. The average molecular weight is 439 g/mol. The predicted molar refractivity (Wildman–Crippen MR) is 116 cm³/mol. The van der Waals surface area contributed by atoms with E-state index in [1.54, 1.807) is 34.8 Å². The SMILES string of the molecule is O=C(Nc1ccccc1F)C1CCN(c2nn3cc(-c4ccc(F)cc4)nc3s2)CC1. The van der Waals surface area contributed by atoms with Gasteiger partial charge in [-0.2, -0.15) is 0 Å². The maximum atomic E-state index is 13.8. The Hall–Kier alpha value is -3.33. The summed E-state index contributed by atoms with van der Waals surface area (Å²) in [6, 6.07) is 12.4. The highest BCUT2D eigenvalue weighted by atomic mass is 32.1. The number of carbonyl (C=O) groups excluding carboxylic acids is 1. The number of nitrogens with one attached hydrogen (secondary N) is 1. The van der Waals surface area contributed by atoms with Gasteiger partial charge < -0.3 is 10.2 Å². The second-order valence-electron chi connectivity index (χ2n) is 7.48. The highest BCUT2D eigenvalue weighted by Crippen LogP contribution is 2.30. The van der Waals surface area contributed by atoms with Crippen molar-refractivity contribution >= 4 is 33.0 Å². The van der Waals surface area contributed by atoms with E-state index in [4.69, 9.17) is 0 Å². The van der Waals surface area contributed by atoms with Gasteiger partial charge in [-0.05, 0) is 49.2 Å². The third kappa shape index (κ3) is 4.00. The predicted octanol–water partition coefficient (Wildman–Crippen LogP) is 4.59. The lowest BCUT2D eigenvalue weighted by atomic mass is 9.96. The van der Waals surface area contributed by atoms with Crippen molar-refractivity contribution < 1.29 is 13.6 Å². The van der Waals surface area contributed by atoms with E-state index in [1.807, 2.05) is 6.20 Å². The molecule has 0 atom stereocenters. The molecule has 1 aliphatic heterocycles. The fourth-order valence-electron chi connectivity index (χ4n) is 3.71. The highest BCUT2D eigenvalue weighted by Gasteiger charge is 2.27. The Morgan fingerprint density at radius 2 is 1.81 bits per heavy atom. The number of para-hydroxylation sites is 1. The van der Waals surface area contributed by atoms with Crippen molar-refractivity contribution in [3.8, 4) is 11.3 Å². The number of carbonyl (C=O) groups is 1. The van der Waals surface area contributed by atoms with Crippen molar-refractivity contribution in [1.82, 2.24) is 14.6 Å². The molecule has 4 aromatic rings. The van der Waals surface area contributed by atoms with Crippen LogP contribution in [-0.2, 0) is 4.79 Å². The molecule has 0 aliphatic carbocycles. The highest BCUT2D eigenvalue weighted by molar-refractivity contribution is 7.20. The number of rotatable bonds is 4. The number of aromatic nitrogens is 3. The van der Waals surface area contributed by atoms with E-state index in [2.05, 4.69) is 20.3 Å². The molecule has 0 saturated carbocycles. The smallest absolute Gasteiger partial charge is 0.227 e. The van der Waals surface area contributed by atoms with Crippen LogP contribution in [0.15, 0.2) is 54.7 Å². The van der Waals surface area contributed by atoms with Gasteiger partial charge in [-0.25, -0.2) is 18.3 Å². The first kappa shape index (κ1) is 19.6. The molecule has 2 aromatic carbocycles. The summed E-state index contributed by atoms with van der Waals surface area (Å²) in [6.45, 7) is 1.38. The Labute approximate surface area is 181 Å². The molecule has 0 radical (unpaired) electrons. The van der Waals surface area contributed by atoms with Crippen LogP contribution in [-0.4, -0.2) is 33.6 Å². The third-order valence-electron chi connectivity index (χ3n) is 5.44. The van der Waals surface area contributed by atoms with Gasteiger partial charge in [0.2, 0.25) is 16.0 Å². The molecular formula is C22H19F2N5OS. The Balaban J connectivity index is 1.23. The maximum Gasteiger partial charge on any atom is 0.227 e. The largest absolute Gasteiger partial charge is 0.347 e. The first-order valence-electron chi connectivity index (χ1n) is 9.99. The molecule has 0 bridgehead atoms. The lowest BCUT2D eigenvalue weighted by molar-refractivity contribution is -0.120. The van der Waals surface area contributed by atoms with E-state index in [0.717, 1.165) is 21.3 Å². The van der Waals surface area contributed by atoms with Crippen LogP contribution in [0.1, 0.15) is 12.8 Å². The summed E-state index contributed by atoms with van der Waals surface area (Å²) >= 11 is 1.48. The van der Waals surface area contributed by atoms with Crippen molar-refractivity contribution in [3.05, 3.63) is 66.4 Å². The Bertz CT molecular complexity index is 1200. The molecule has 1 saturated heterocycles. The lowest BCUT2D eigenvalue weighted by Crippen LogP contribution is -2.38. The molecule has 158 valence electrons. The fourth-order valence-corrected chi connectivity index (χ4v) is 4.64. The summed E-state index contributed by atoms with van der Waals surface area (Å²) in [5.74, 6) is -1.02. The normalized spacial score (nSPS) is 14.8. The van der Waals surface area contributed by atoms with Crippen LogP contribution in [0.2, 0.25) is 0 Å². The van der Waals surface area contributed by atoms with Gasteiger partial charge >= 0.3 is 0 Å². The number of piperidine rings is 1. The van der Waals surface area contributed by atoms with Crippen molar-refractivity contribution in [2.75, 3.05) is 23.3 Å². The zero-order valence-electron chi connectivity index (χ0n) is 16.5. The molecule has 0 unspecified atom stereocenters. The molecule has 1 aliphatic rings. The van der Waals surface area contributed by atoms with Gasteiger partial charge in [0.05, 0.1) is 17.6 Å². The monoisotopic (exact) mass is 439 g/mol. The van der Waals surface area contributed by atoms with Gasteiger partial charge in [0, 0.05) is 24.6 Å². The molecule has 9 heteroatoms. The summed E-state index contributed by atoms with van der Waals surface area (Å²) < 4.78 is 28.6. The van der Waals surface area contributed by atoms with Crippen LogP contribution in [0.25, 0.3) is 16.2 Å². The zero-order valence-corrected chi connectivity index (χ0v) is 17.3. The molecule has 5 rings (SSSR count). The number of nitrogens with zero attached hydrogens (tertiary/aromatic N) is 4. The van der Waals surface area contributed by atoms with E-state index in [1.165, 1.54) is 29.5 Å². The van der Waals surface area contributed by atoms with Gasteiger partial charge in [-0.3, -0.25) is 4.79 Å². The Morgan fingerprint density at radius 3 is 2.52 bits per heavy atom. The molecule has 1 amide bonds. The maximum absolute atomic E-state index is 13.8. The topological polar surface area (TPSA) is 62.5 Å². The van der Waals surface area contributed by atoms with Crippen LogP contribution in [0.5, 0.6) is 0 Å². The van der Waals surface area contributed by atoms with Gasteiger partial charge in [0.15, 0.2) is 0 Å². The Kier molecular flexibility index (Phi) is 5.11. The summed E-state index contributed by atoms with van der Waals surface area (Å²) in [7, 11) is 0. The number of imidazole rings is 1. The van der Waals surface area contributed by atoms with Crippen molar-refractivity contribution in [3.63, 3.8) is 0 Å². The lowest BCUT2D eigenvalue weighted by Gasteiger charge is -2.30. The molecule has 2 aromatic heterocycles. The average Bonchev–Trinajstić information content (AvgIpc) is 3.35. The summed E-state index contributed by atoms with van der Waals surface area (Å²) in [5, 5.41) is 8.17. The molecule has 1 N–H and O–H groups in total. The molecule has 6 nitrogen and oxygen atoms in total. The van der Waals surface area contributed by atoms with Crippen LogP contribution in [0.4, 0.5) is 19.6 Å². The van der Waals surface area contributed by atoms with Crippen LogP contribution in [0.3, 0.4) is 0 Å². The van der Waals surface area contributed by atoms with E-state index in [-0.39, 0.29) is 23.3 Å². The summed E-state index contributed by atoms with van der Waals surface area (Å²) in [6.07, 6.45) is 3.17. The number of anilines is 2. The molecule has 3 heterocycles. The summed E-state index contributed by atoms with van der Waals surface area (Å²) in [4.78, 5) is 20.0. The number of hydrogen-bond donors (Lipinski definition) is 1. The first-order valence-corrected chi connectivity index (χ1v) is 10.8. The van der Waals surface area contributed by atoms with Crippen LogP contribution >= 0.6 is 11.3 Å².